The molecule has 0 aromatic heterocycles. The minimum atomic E-state index is 0.0598. The molecule has 0 spiro atoms. The van der Waals surface area contributed by atoms with E-state index in [9.17, 15) is 4.79 Å². The lowest BCUT2D eigenvalue weighted by atomic mass is 10.1. The molecule has 0 radical (unpaired) electrons. The summed E-state index contributed by atoms with van der Waals surface area (Å²) >= 11 is 0. The molecule has 0 unspecified atom stereocenters. The Morgan fingerprint density at radius 2 is 1.44 bits per heavy atom. The quantitative estimate of drug-likeness (QED) is 0.188. The SMILES string of the molecule is CCCCC/C=C\C/C=C\CCCCCCCC(=O)NNc1ccccc1. The predicted octanol–water partition coefficient (Wildman–Crippen LogP) is 6.94. The van der Waals surface area contributed by atoms with Crippen molar-refractivity contribution in [1.82, 2.24) is 5.43 Å². The molecule has 1 amide bonds. The highest BCUT2D eigenvalue weighted by Gasteiger charge is 2.00. The van der Waals surface area contributed by atoms with E-state index in [1.165, 1.54) is 51.4 Å². The fourth-order valence-electron chi connectivity index (χ4n) is 2.82. The Labute approximate surface area is 166 Å². The Morgan fingerprint density at radius 3 is 2.15 bits per heavy atom. The van der Waals surface area contributed by atoms with E-state index in [1.54, 1.807) is 0 Å². The highest BCUT2D eigenvalue weighted by molar-refractivity contribution is 5.77. The number of carbonyl (C=O) groups is 1. The van der Waals surface area contributed by atoms with Gasteiger partial charge in [0.2, 0.25) is 5.91 Å². The minimum Gasteiger partial charge on any atom is -0.299 e. The minimum absolute atomic E-state index is 0.0598. The number of para-hydroxylation sites is 1. The van der Waals surface area contributed by atoms with Gasteiger partial charge < -0.3 is 0 Å². The third kappa shape index (κ3) is 14.8. The van der Waals surface area contributed by atoms with Crippen molar-refractivity contribution in [2.75, 3.05) is 5.43 Å². The van der Waals surface area contributed by atoms with Gasteiger partial charge in [-0.05, 0) is 50.7 Å². The Morgan fingerprint density at radius 1 is 0.815 bits per heavy atom. The predicted molar refractivity (Wildman–Crippen MR) is 118 cm³/mol. The number of hydrogen-bond acceptors (Lipinski definition) is 2. The van der Waals surface area contributed by atoms with Gasteiger partial charge >= 0.3 is 0 Å². The van der Waals surface area contributed by atoms with Crippen LogP contribution in [0.5, 0.6) is 0 Å². The normalized spacial score (nSPS) is 11.3. The molecule has 0 saturated carbocycles. The summed E-state index contributed by atoms with van der Waals surface area (Å²) < 4.78 is 0. The number of rotatable bonds is 16. The lowest BCUT2D eigenvalue weighted by molar-refractivity contribution is -0.120. The zero-order valence-electron chi connectivity index (χ0n) is 17.1. The third-order valence-corrected chi connectivity index (χ3v) is 4.47. The maximum absolute atomic E-state index is 11.8. The zero-order valence-corrected chi connectivity index (χ0v) is 17.1. The standard InChI is InChI=1S/C24H38N2O/c1-2-3-4-5-6-7-8-9-10-11-12-13-14-15-19-22-24(27)26-25-23-20-17-16-18-21-23/h6-7,9-10,16-18,20-21,25H,2-5,8,11-15,19,22H2,1H3,(H,26,27)/b7-6-,10-9-. The van der Waals surface area contributed by atoms with Gasteiger partial charge in [-0.1, -0.05) is 81.5 Å². The maximum Gasteiger partial charge on any atom is 0.238 e. The Bertz CT molecular complexity index is 522. The van der Waals surface area contributed by atoms with Crippen molar-refractivity contribution >= 4 is 11.6 Å². The van der Waals surface area contributed by atoms with Crippen LogP contribution >= 0.6 is 0 Å². The van der Waals surface area contributed by atoms with Crippen molar-refractivity contribution in [3.63, 3.8) is 0 Å². The molecule has 27 heavy (non-hydrogen) atoms. The van der Waals surface area contributed by atoms with Crippen LogP contribution in [0.2, 0.25) is 0 Å². The number of carbonyl (C=O) groups excluding carboxylic acids is 1. The van der Waals surface area contributed by atoms with E-state index in [0.717, 1.165) is 24.9 Å². The van der Waals surface area contributed by atoms with Crippen molar-refractivity contribution in [1.29, 1.82) is 0 Å². The van der Waals surface area contributed by atoms with Gasteiger partial charge in [0.25, 0.3) is 0 Å². The first-order valence-electron chi connectivity index (χ1n) is 10.7. The van der Waals surface area contributed by atoms with Crippen molar-refractivity contribution < 1.29 is 4.79 Å². The molecule has 1 aromatic carbocycles. The first-order chi connectivity index (χ1) is 13.3. The van der Waals surface area contributed by atoms with E-state index in [2.05, 4.69) is 42.1 Å². The number of hydrogen-bond donors (Lipinski definition) is 2. The number of anilines is 1. The molecule has 150 valence electrons. The molecule has 2 N–H and O–H groups in total. The summed E-state index contributed by atoms with van der Waals surface area (Å²) in [7, 11) is 0. The summed E-state index contributed by atoms with van der Waals surface area (Å²) in [5.74, 6) is 0.0598. The molecule has 0 saturated heterocycles. The largest absolute Gasteiger partial charge is 0.299 e. The maximum atomic E-state index is 11.8. The molecule has 0 atom stereocenters. The summed E-state index contributed by atoms with van der Waals surface area (Å²) in [5.41, 5.74) is 6.59. The summed E-state index contributed by atoms with van der Waals surface area (Å²) in [4.78, 5) is 11.8. The first kappa shape index (κ1) is 23.0. The molecule has 1 aromatic rings. The average molecular weight is 371 g/mol. The van der Waals surface area contributed by atoms with Gasteiger partial charge in [0.05, 0.1) is 5.69 Å². The molecule has 0 bridgehead atoms. The second-order valence-electron chi connectivity index (χ2n) is 7.02. The second kappa shape index (κ2) is 17.4. The molecule has 3 nitrogen and oxygen atoms in total. The molecule has 0 heterocycles. The second-order valence-corrected chi connectivity index (χ2v) is 7.02. The highest BCUT2D eigenvalue weighted by Crippen LogP contribution is 2.08. The van der Waals surface area contributed by atoms with E-state index >= 15 is 0 Å². The fourth-order valence-corrected chi connectivity index (χ4v) is 2.82. The molecule has 0 aliphatic carbocycles. The zero-order chi connectivity index (χ0) is 19.4. The molecule has 1 rings (SSSR count). The van der Waals surface area contributed by atoms with Gasteiger partial charge in [-0.3, -0.25) is 15.6 Å². The summed E-state index contributed by atoms with van der Waals surface area (Å²) in [6, 6.07) is 9.69. The van der Waals surface area contributed by atoms with E-state index in [-0.39, 0.29) is 5.91 Å². The number of hydrazine groups is 1. The smallest absolute Gasteiger partial charge is 0.238 e. The van der Waals surface area contributed by atoms with Crippen molar-refractivity contribution in [3.8, 4) is 0 Å². The topological polar surface area (TPSA) is 41.1 Å². The van der Waals surface area contributed by atoms with Crippen LogP contribution < -0.4 is 10.9 Å². The molecule has 0 aliphatic heterocycles. The summed E-state index contributed by atoms with van der Waals surface area (Å²) in [6.07, 6.45) is 23.0. The van der Waals surface area contributed by atoms with E-state index < -0.39 is 0 Å². The lowest BCUT2D eigenvalue weighted by Crippen LogP contribution is -2.28. The number of amides is 1. The summed E-state index contributed by atoms with van der Waals surface area (Å²) in [6.45, 7) is 2.24. The molecular weight excluding hydrogens is 332 g/mol. The van der Waals surface area contributed by atoms with Crippen LogP contribution in [-0.2, 0) is 4.79 Å². The highest BCUT2D eigenvalue weighted by atomic mass is 16.2. The van der Waals surface area contributed by atoms with Gasteiger partial charge in [0.1, 0.15) is 0 Å². The van der Waals surface area contributed by atoms with Crippen molar-refractivity contribution in [3.05, 3.63) is 54.6 Å². The van der Waals surface area contributed by atoms with Gasteiger partial charge in [0, 0.05) is 6.42 Å². The van der Waals surface area contributed by atoms with Gasteiger partial charge in [0.15, 0.2) is 0 Å². The number of unbranched alkanes of at least 4 members (excludes halogenated alkanes) is 8. The Hall–Kier alpha value is -2.03. The van der Waals surface area contributed by atoms with Crippen LogP contribution in [-0.4, -0.2) is 5.91 Å². The lowest BCUT2D eigenvalue weighted by Gasteiger charge is -2.08. The van der Waals surface area contributed by atoms with Gasteiger partial charge in [-0.25, -0.2) is 0 Å². The van der Waals surface area contributed by atoms with Crippen LogP contribution in [0.25, 0.3) is 0 Å². The molecule has 0 aliphatic rings. The Balaban J connectivity index is 1.85. The van der Waals surface area contributed by atoms with E-state index in [0.29, 0.717) is 6.42 Å². The van der Waals surface area contributed by atoms with Crippen LogP contribution in [0, 0.1) is 0 Å². The Kier molecular flexibility index (Phi) is 14.8. The molecular formula is C24H38N2O. The van der Waals surface area contributed by atoms with Gasteiger partial charge in [-0.15, -0.1) is 0 Å². The van der Waals surface area contributed by atoms with Crippen LogP contribution in [0.15, 0.2) is 54.6 Å². The van der Waals surface area contributed by atoms with Crippen LogP contribution in [0.1, 0.15) is 84.0 Å². The monoisotopic (exact) mass is 370 g/mol. The van der Waals surface area contributed by atoms with Crippen molar-refractivity contribution in [2.45, 2.75) is 84.0 Å². The summed E-state index contributed by atoms with van der Waals surface area (Å²) in [5, 5.41) is 0. The fraction of sp³-hybridized carbons (Fsp3) is 0.542. The number of allylic oxidation sites excluding steroid dienone is 4. The third-order valence-electron chi connectivity index (χ3n) is 4.47. The molecule has 3 heteroatoms. The van der Waals surface area contributed by atoms with Gasteiger partial charge in [-0.2, -0.15) is 0 Å². The van der Waals surface area contributed by atoms with Crippen molar-refractivity contribution in [2.24, 2.45) is 0 Å². The molecule has 0 fully saturated rings. The van der Waals surface area contributed by atoms with E-state index in [4.69, 9.17) is 0 Å². The number of benzene rings is 1. The average Bonchev–Trinajstić information content (AvgIpc) is 2.70. The first-order valence-corrected chi connectivity index (χ1v) is 10.7. The van der Waals surface area contributed by atoms with E-state index in [1.807, 2.05) is 30.3 Å². The van der Waals surface area contributed by atoms with Crippen LogP contribution in [0.4, 0.5) is 5.69 Å². The van der Waals surface area contributed by atoms with Crippen LogP contribution in [0.3, 0.4) is 0 Å². The number of nitrogens with one attached hydrogen (secondary N) is 2.